The molecule has 0 radical (unpaired) electrons. The van der Waals surface area contributed by atoms with Gasteiger partial charge in [-0.2, -0.15) is 0 Å². The molecule has 0 bridgehead atoms. The van der Waals surface area contributed by atoms with Gasteiger partial charge in [0.1, 0.15) is 5.82 Å². The topological polar surface area (TPSA) is 61.4 Å². The number of amides is 3. The Labute approximate surface area is 158 Å². The molecule has 0 atom stereocenters. The normalized spacial score (nSPS) is 14.6. The first-order chi connectivity index (χ1) is 13.1. The van der Waals surface area contributed by atoms with Crippen LogP contribution < -0.4 is 10.6 Å². The summed E-state index contributed by atoms with van der Waals surface area (Å²) in [6.45, 7) is 1.57. The number of urea groups is 1. The van der Waals surface area contributed by atoms with E-state index in [9.17, 15) is 14.0 Å². The summed E-state index contributed by atoms with van der Waals surface area (Å²) in [4.78, 5) is 26.2. The number of benzene rings is 2. The minimum Gasteiger partial charge on any atom is -0.349 e. The van der Waals surface area contributed by atoms with Gasteiger partial charge in [-0.25, -0.2) is 9.18 Å². The van der Waals surface area contributed by atoms with E-state index in [2.05, 4.69) is 10.6 Å². The minimum atomic E-state index is -0.248. The van der Waals surface area contributed by atoms with Crippen molar-refractivity contribution in [2.24, 2.45) is 0 Å². The molecule has 2 aromatic carbocycles. The Morgan fingerprint density at radius 1 is 1.00 bits per heavy atom. The lowest BCUT2D eigenvalue weighted by molar-refractivity contribution is 0.0918. The highest BCUT2D eigenvalue weighted by Gasteiger charge is 2.23. The first-order valence-electron chi connectivity index (χ1n) is 9.25. The van der Waals surface area contributed by atoms with E-state index in [1.165, 1.54) is 6.07 Å². The summed E-state index contributed by atoms with van der Waals surface area (Å²) < 4.78 is 13.6. The Hall–Kier alpha value is -2.89. The van der Waals surface area contributed by atoms with Crippen molar-refractivity contribution < 1.29 is 14.0 Å². The molecule has 3 rings (SSSR count). The monoisotopic (exact) mass is 369 g/mol. The second-order valence-electron chi connectivity index (χ2n) is 6.67. The van der Waals surface area contributed by atoms with Crippen LogP contribution in [0.25, 0.3) is 0 Å². The maximum Gasteiger partial charge on any atom is 0.317 e. The van der Waals surface area contributed by atoms with Crippen LogP contribution in [0.4, 0.5) is 9.18 Å². The summed E-state index contributed by atoms with van der Waals surface area (Å²) in [5.74, 6) is -0.329. The van der Waals surface area contributed by atoms with E-state index >= 15 is 0 Å². The minimum absolute atomic E-state index is 0.0696. The molecule has 0 unspecified atom stereocenters. The standard InChI is InChI=1S/C21H24FN3O2/c22-19-9-5-4-6-16(19)10-13-23-21(27)25-14-11-18(12-15-25)24-20(26)17-7-2-1-3-8-17/h1-9,18H,10-15H2,(H,23,27)(H,24,26). The zero-order valence-corrected chi connectivity index (χ0v) is 15.2. The highest BCUT2D eigenvalue weighted by atomic mass is 19.1. The molecule has 6 heteroatoms. The van der Waals surface area contributed by atoms with Gasteiger partial charge in [0.25, 0.3) is 5.91 Å². The molecule has 0 saturated carbocycles. The number of nitrogens with zero attached hydrogens (tertiary/aromatic N) is 1. The first-order valence-corrected chi connectivity index (χ1v) is 9.25. The van der Waals surface area contributed by atoms with Gasteiger partial charge in [0.2, 0.25) is 0 Å². The van der Waals surface area contributed by atoms with Crippen LogP contribution in [0.5, 0.6) is 0 Å². The van der Waals surface area contributed by atoms with Crippen molar-refractivity contribution in [3.05, 3.63) is 71.5 Å². The molecule has 27 heavy (non-hydrogen) atoms. The average Bonchev–Trinajstić information content (AvgIpc) is 2.70. The Kier molecular flexibility index (Phi) is 6.41. The van der Waals surface area contributed by atoms with Crippen molar-refractivity contribution >= 4 is 11.9 Å². The molecule has 5 nitrogen and oxygen atoms in total. The highest BCUT2D eigenvalue weighted by molar-refractivity contribution is 5.94. The molecule has 1 heterocycles. The zero-order chi connectivity index (χ0) is 19.1. The van der Waals surface area contributed by atoms with Crippen LogP contribution in [-0.2, 0) is 6.42 Å². The van der Waals surface area contributed by atoms with E-state index in [-0.39, 0.29) is 23.8 Å². The molecule has 142 valence electrons. The van der Waals surface area contributed by atoms with Gasteiger partial charge in [-0.3, -0.25) is 4.79 Å². The van der Waals surface area contributed by atoms with Crippen LogP contribution in [0.1, 0.15) is 28.8 Å². The fraction of sp³-hybridized carbons (Fsp3) is 0.333. The van der Waals surface area contributed by atoms with E-state index in [4.69, 9.17) is 0 Å². The number of likely N-dealkylation sites (tertiary alicyclic amines) is 1. The van der Waals surface area contributed by atoms with Gasteiger partial charge in [-0.1, -0.05) is 36.4 Å². The van der Waals surface area contributed by atoms with Crippen LogP contribution in [0.2, 0.25) is 0 Å². The second kappa shape index (κ2) is 9.16. The van der Waals surface area contributed by atoms with Crippen molar-refractivity contribution in [3.63, 3.8) is 0 Å². The Morgan fingerprint density at radius 3 is 2.37 bits per heavy atom. The maximum atomic E-state index is 13.6. The molecule has 2 N–H and O–H groups in total. The van der Waals surface area contributed by atoms with Gasteiger partial charge in [-0.15, -0.1) is 0 Å². The van der Waals surface area contributed by atoms with Crippen molar-refractivity contribution in [1.29, 1.82) is 0 Å². The molecule has 1 aliphatic heterocycles. The Morgan fingerprint density at radius 2 is 1.67 bits per heavy atom. The third-order valence-corrected chi connectivity index (χ3v) is 4.78. The summed E-state index contributed by atoms with van der Waals surface area (Å²) in [6.07, 6.45) is 1.90. The SMILES string of the molecule is O=C(NC1CCN(C(=O)NCCc2ccccc2F)CC1)c1ccccc1. The van der Waals surface area contributed by atoms with Crippen LogP contribution >= 0.6 is 0 Å². The molecule has 0 aromatic heterocycles. The number of carbonyl (C=O) groups excluding carboxylic acids is 2. The van der Waals surface area contributed by atoms with Gasteiger partial charge < -0.3 is 15.5 Å². The van der Waals surface area contributed by atoms with Gasteiger partial charge in [-0.05, 0) is 43.0 Å². The lowest BCUT2D eigenvalue weighted by Crippen LogP contribution is -2.49. The van der Waals surface area contributed by atoms with Crippen molar-refractivity contribution in [2.45, 2.75) is 25.3 Å². The molecule has 3 amide bonds. The van der Waals surface area contributed by atoms with E-state index in [0.29, 0.717) is 37.2 Å². The molecule has 1 fully saturated rings. The average molecular weight is 369 g/mol. The predicted molar refractivity (Wildman–Crippen MR) is 102 cm³/mol. The predicted octanol–water partition coefficient (Wildman–Crippen LogP) is 2.97. The van der Waals surface area contributed by atoms with Crippen LogP contribution in [0.15, 0.2) is 54.6 Å². The summed E-state index contributed by atoms with van der Waals surface area (Å²) in [5.41, 5.74) is 1.24. The van der Waals surface area contributed by atoms with E-state index in [1.807, 2.05) is 18.2 Å². The fourth-order valence-electron chi connectivity index (χ4n) is 3.20. The number of piperidine rings is 1. The number of hydrogen-bond acceptors (Lipinski definition) is 2. The molecule has 1 aliphatic rings. The fourth-order valence-corrected chi connectivity index (χ4v) is 3.20. The van der Waals surface area contributed by atoms with E-state index < -0.39 is 0 Å². The zero-order valence-electron chi connectivity index (χ0n) is 15.2. The molecular weight excluding hydrogens is 345 g/mol. The molecule has 0 spiro atoms. The quantitative estimate of drug-likeness (QED) is 0.851. The van der Waals surface area contributed by atoms with Crippen LogP contribution in [0.3, 0.4) is 0 Å². The summed E-state index contributed by atoms with van der Waals surface area (Å²) in [5, 5.41) is 5.87. The molecule has 1 saturated heterocycles. The summed E-state index contributed by atoms with van der Waals surface area (Å²) in [6, 6.07) is 15.6. The van der Waals surface area contributed by atoms with Gasteiger partial charge >= 0.3 is 6.03 Å². The van der Waals surface area contributed by atoms with Crippen molar-refractivity contribution in [2.75, 3.05) is 19.6 Å². The van der Waals surface area contributed by atoms with Crippen molar-refractivity contribution in [1.82, 2.24) is 15.5 Å². The lowest BCUT2D eigenvalue weighted by atomic mass is 10.0. The summed E-state index contributed by atoms with van der Waals surface area (Å²) >= 11 is 0. The lowest BCUT2D eigenvalue weighted by Gasteiger charge is -2.32. The van der Waals surface area contributed by atoms with Gasteiger partial charge in [0.15, 0.2) is 0 Å². The first kappa shape index (κ1) is 18.9. The second-order valence-corrected chi connectivity index (χ2v) is 6.67. The third kappa shape index (κ3) is 5.29. The number of halogens is 1. The van der Waals surface area contributed by atoms with Gasteiger partial charge in [0, 0.05) is 31.2 Å². The number of hydrogen-bond donors (Lipinski definition) is 2. The molecule has 2 aromatic rings. The van der Waals surface area contributed by atoms with E-state index in [1.54, 1.807) is 35.2 Å². The Bertz CT molecular complexity index is 774. The number of rotatable bonds is 5. The van der Waals surface area contributed by atoms with Crippen molar-refractivity contribution in [3.8, 4) is 0 Å². The Balaban J connectivity index is 1.39. The molecule has 0 aliphatic carbocycles. The van der Waals surface area contributed by atoms with E-state index in [0.717, 1.165) is 12.8 Å². The number of carbonyl (C=O) groups is 2. The largest absolute Gasteiger partial charge is 0.349 e. The smallest absolute Gasteiger partial charge is 0.317 e. The molecular formula is C21H24FN3O2. The van der Waals surface area contributed by atoms with Gasteiger partial charge in [0.05, 0.1) is 0 Å². The van der Waals surface area contributed by atoms with Crippen LogP contribution in [-0.4, -0.2) is 42.5 Å². The maximum absolute atomic E-state index is 13.6. The summed E-state index contributed by atoms with van der Waals surface area (Å²) in [7, 11) is 0. The highest BCUT2D eigenvalue weighted by Crippen LogP contribution is 2.12. The van der Waals surface area contributed by atoms with Crippen LogP contribution in [0, 0.1) is 5.82 Å². The number of nitrogens with one attached hydrogen (secondary N) is 2. The third-order valence-electron chi connectivity index (χ3n) is 4.78.